The smallest absolute Gasteiger partial charge is 0.251 e. The van der Waals surface area contributed by atoms with Gasteiger partial charge in [-0.25, -0.2) is 0 Å². The Hall–Kier alpha value is -1.58. The van der Waals surface area contributed by atoms with Crippen LogP contribution in [0.15, 0.2) is 30.3 Å². The van der Waals surface area contributed by atoms with Crippen molar-refractivity contribution in [1.82, 2.24) is 10.6 Å². The molecule has 0 aliphatic heterocycles. The molecule has 0 radical (unpaired) electrons. The molecule has 2 N–H and O–H groups in total. The van der Waals surface area contributed by atoms with Crippen molar-refractivity contribution in [3.8, 4) is 0 Å². The zero-order chi connectivity index (χ0) is 14.1. The van der Waals surface area contributed by atoms with E-state index in [1.807, 2.05) is 20.0 Å². The molecule has 1 amide bonds. The van der Waals surface area contributed by atoms with E-state index in [0.29, 0.717) is 6.54 Å². The molecular formula is C17H21ClN2O. The van der Waals surface area contributed by atoms with Crippen molar-refractivity contribution in [3.63, 3.8) is 0 Å². The first-order valence-electron chi connectivity index (χ1n) is 7.19. The maximum Gasteiger partial charge on any atom is 0.251 e. The van der Waals surface area contributed by atoms with Crippen molar-refractivity contribution in [1.29, 1.82) is 0 Å². The van der Waals surface area contributed by atoms with Crippen LogP contribution in [-0.2, 0) is 12.8 Å². The van der Waals surface area contributed by atoms with Crippen LogP contribution in [0.3, 0.4) is 0 Å². The molecule has 4 heteroatoms. The van der Waals surface area contributed by atoms with E-state index in [-0.39, 0.29) is 24.4 Å². The molecule has 1 unspecified atom stereocenters. The van der Waals surface area contributed by atoms with Gasteiger partial charge in [-0.15, -0.1) is 12.4 Å². The maximum atomic E-state index is 12.4. The molecule has 2 aromatic carbocycles. The molecular weight excluding hydrogens is 284 g/mol. The Morgan fingerprint density at radius 2 is 1.90 bits per heavy atom. The second-order valence-corrected chi connectivity index (χ2v) is 5.51. The molecule has 3 rings (SSSR count). The number of likely N-dealkylation sites (N-methyl/N-ethyl adjacent to an activating group) is 1. The summed E-state index contributed by atoms with van der Waals surface area (Å²) in [6.45, 7) is 2.69. The van der Waals surface area contributed by atoms with Gasteiger partial charge >= 0.3 is 0 Å². The first-order valence-corrected chi connectivity index (χ1v) is 7.19. The van der Waals surface area contributed by atoms with E-state index < -0.39 is 0 Å². The molecule has 2 aromatic rings. The van der Waals surface area contributed by atoms with Crippen molar-refractivity contribution in [3.05, 3.63) is 47.0 Å². The second-order valence-electron chi connectivity index (χ2n) is 5.51. The van der Waals surface area contributed by atoms with Crippen molar-refractivity contribution < 1.29 is 4.79 Å². The molecule has 21 heavy (non-hydrogen) atoms. The van der Waals surface area contributed by atoms with Gasteiger partial charge in [0, 0.05) is 18.2 Å². The summed E-state index contributed by atoms with van der Waals surface area (Å²) in [5.74, 6) is 0.0164. The summed E-state index contributed by atoms with van der Waals surface area (Å²) in [7, 11) is 1.90. The average molecular weight is 305 g/mol. The minimum Gasteiger partial charge on any atom is -0.350 e. The van der Waals surface area contributed by atoms with Crippen LogP contribution in [0.1, 0.15) is 28.4 Å². The van der Waals surface area contributed by atoms with Gasteiger partial charge in [0.05, 0.1) is 0 Å². The molecule has 3 nitrogen and oxygen atoms in total. The molecule has 1 aliphatic rings. The summed E-state index contributed by atoms with van der Waals surface area (Å²) in [5.41, 5.74) is 3.53. The quantitative estimate of drug-likeness (QED) is 0.912. The highest BCUT2D eigenvalue weighted by atomic mass is 35.5. The fourth-order valence-corrected chi connectivity index (χ4v) is 2.89. The summed E-state index contributed by atoms with van der Waals surface area (Å²) in [4.78, 5) is 12.4. The van der Waals surface area contributed by atoms with Gasteiger partial charge in [-0.05, 0) is 54.8 Å². The standard InChI is InChI=1S/C17H20N2O.ClH/c1-11(18-2)10-19-17(20)15-9-8-13-7-6-12-4-3-5-14(15)16(12)13;/h3-5,8-9,11,18H,6-7,10H2,1-2H3,(H,19,20);1H. The molecule has 1 aliphatic carbocycles. The Labute approximate surface area is 131 Å². The number of carbonyl (C=O) groups excluding carboxylic acids is 1. The van der Waals surface area contributed by atoms with Crippen molar-refractivity contribution in [2.75, 3.05) is 13.6 Å². The number of rotatable bonds is 4. The summed E-state index contributed by atoms with van der Waals surface area (Å²) < 4.78 is 0. The summed E-state index contributed by atoms with van der Waals surface area (Å²) in [5, 5.41) is 8.51. The third-order valence-electron chi connectivity index (χ3n) is 4.18. The Bertz CT molecular complexity index is 659. The fourth-order valence-electron chi connectivity index (χ4n) is 2.89. The highest BCUT2D eigenvalue weighted by Gasteiger charge is 2.18. The van der Waals surface area contributed by atoms with Gasteiger partial charge in [0.1, 0.15) is 0 Å². The van der Waals surface area contributed by atoms with E-state index in [9.17, 15) is 4.79 Å². The van der Waals surface area contributed by atoms with E-state index in [4.69, 9.17) is 0 Å². The lowest BCUT2D eigenvalue weighted by Gasteiger charge is -2.13. The van der Waals surface area contributed by atoms with Crippen molar-refractivity contribution in [2.45, 2.75) is 25.8 Å². The van der Waals surface area contributed by atoms with E-state index in [1.54, 1.807) is 0 Å². The van der Waals surface area contributed by atoms with Crippen LogP contribution in [-0.4, -0.2) is 25.5 Å². The Morgan fingerprint density at radius 1 is 1.19 bits per heavy atom. The maximum absolute atomic E-state index is 12.4. The van der Waals surface area contributed by atoms with Crippen molar-refractivity contribution in [2.24, 2.45) is 0 Å². The summed E-state index contributed by atoms with van der Waals surface area (Å²) in [6.07, 6.45) is 2.18. The van der Waals surface area contributed by atoms with E-state index >= 15 is 0 Å². The Balaban J connectivity index is 0.00000161. The van der Waals surface area contributed by atoms with Crippen LogP contribution >= 0.6 is 12.4 Å². The number of aryl methyl sites for hydroxylation is 2. The SMILES string of the molecule is CNC(C)CNC(=O)c1ccc2c3c(cccc13)CC2.Cl. The Kier molecular flexibility index (Phi) is 4.86. The Morgan fingerprint density at radius 3 is 2.62 bits per heavy atom. The van der Waals surface area contributed by atoms with E-state index in [0.717, 1.165) is 23.8 Å². The summed E-state index contributed by atoms with van der Waals surface area (Å²) in [6, 6.07) is 10.6. The third kappa shape index (κ3) is 2.89. The van der Waals surface area contributed by atoms with Gasteiger partial charge < -0.3 is 10.6 Å². The topological polar surface area (TPSA) is 41.1 Å². The van der Waals surface area contributed by atoms with E-state index in [2.05, 4.69) is 34.9 Å². The number of amides is 1. The minimum absolute atomic E-state index is 0. The van der Waals surface area contributed by atoms with Crippen molar-refractivity contribution >= 4 is 29.1 Å². The molecule has 0 spiro atoms. The predicted molar refractivity (Wildman–Crippen MR) is 89.5 cm³/mol. The lowest BCUT2D eigenvalue weighted by atomic mass is 9.99. The van der Waals surface area contributed by atoms with Gasteiger partial charge in [0.25, 0.3) is 5.91 Å². The first-order chi connectivity index (χ1) is 9.70. The van der Waals surface area contributed by atoms with Crippen LogP contribution in [0.5, 0.6) is 0 Å². The number of hydrogen-bond acceptors (Lipinski definition) is 2. The molecule has 0 heterocycles. The third-order valence-corrected chi connectivity index (χ3v) is 4.18. The predicted octanol–water partition coefficient (Wildman–Crippen LogP) is 2.70. The average Bonchev–Trinajstić information content (AvgIpc) is 2.90. The second kappa shape index (κ2) is 6.46. The largest absolute Gasteiger partial charge is 0.350 e. The number of benzene rings is 2. The van der Waals surface area contributed by atoms with Gasteiger partial charge in [-0.2, -0.15) is 0 Å². The molecule has 0 bridgehead atoms. The zero-order valence-electron chi connectivity index (χ0n) is 12.4. The highest BCUT2D eigenvalue weighted by molar-refractivity contribution is 6.09. The fraction of sp³-hybridized carbons (Fsp3) is 0.353. The lowest BCUT2D eigenvalue weighted by Crippen LogP contribution is -2.37. The van der Waals surface area contributed by atoms with Crippen LogP contribution in [0.25, 0.3) is 10.8 Å². The van der Waals surface area contributed by atoms with Crippen LogP contribution in [0.2, 0.25) is 0 Å². The van der Waals surface area contributed by atoms with Crippen LogP contribution in [0.4, 0.5) is 0 Å². The normalized spacial score (nSPS) is 13.8. The van der Waals surface area contributed by atoms with E-state index in [1.165, 1.54) is 16.5 Å². The van der Waals surface area contributed by atoms with Gasteiger partial charge in [0.2, 0.25) is 0 Å². The first kappa shape index (κ1) is 15.8. The molecule has 1 atom stereocenters. The van der Waals surface area contributed by atoms with Gasteiger partial charge in [0.15, 0.2) is 0 Å². The lowest BCUT2D eigenvalue weighted by molar-refractivity contribution is 0.0952. The highest BCUT2D eigenvalue weighted by Crippen LogP contribution is 2.32. The molecule has 0 aromatic heterocycles. The molecule has 112 valence electrons. The number of carbonyl (C=O) groups is 1. The molecule has 0 saturated carbocycles. The minimum atomic E-state index is 0. The summed E-state index contributed by atoms with van der Waals surface area (Å²) >= 11 is 0. The van der Waals surface area contributed by atoms with Gasteiger partial charge in [-0.1, -0.05) is 24.3 Å². The number of hydrogen-bond donors (Lipinski definition) is 2. The number of halogens is 1. The monoisotopic (exact) mass is 304 g/mol. The zero-order valence-corrected chi connectivity index (χ0v) is 13.2. The van der Waals surface area contributed by atoms with Gasteiger partial charge in [-0.3, -0.25) is 4.79 Å². The molecule has 0 fully saturated rings. The molecule has 0 saturated heterocycles. The van der Waals surface area contributed by atoms with Crippen LogP contribution in [0, 0.1) is 0 Å². The number of nitrogens with one attached hydrogen (secondary N) is 2. The van der Waals surface area contributed by atoms with Crippen LogP contribution < -0.4 is 10.6 Å².